The Labute approximate surface area is 262 Å². The van der Waals surface area contributed by atoms with Crippen molar-refractivity contribution in [3.63, 3.8) is 0 Å². The van der Waals surface area contributed by atoms with Crippen LogP contribution in [0.5, 0.6) is 28.7 Å². The normalized spacial score (nSPS) is 10.9. The van der Waals surface area contributed by atoms with Crippen LogP contribution in [0.2, 0.25) is 0 Å². The van der Waals surface area contributed by atoms with Crippen LogP contribution in [0.4, 0.5) is 0 Å². The molecule has 0 aromatic heterocycles. The van der Waals surface area contributed by atoms with E-state index in [4.69, 9.17) is 23.7 Å². The molecule has 0 N–H and O–H groups in total. The van der Waals surface area contributed by atoms with Crippen molar-refractivity contribution in [2.75, 3.05) is 34.0 Å². The molecule has 41 heavy (non-hydrogen) atoms. The SMILES string of the molecule is CCCCCCOc1cc(OCCCCCC)c(PC(=O)c2c(OC)cccc2OC)c(OCCCCCC)c1.[Li]. The van der Waals surface area contributed by atoms with Crippen molar-refractivity contribution in [3.8, 4) is 28.7 Å². The van der Waals surface area contributed by atoms with Crippen molar-refractivity contribution >= 4 is 38.3 Å². The zero-order valence-electron chi connectivity index (χ0n) is 26.4. The van der Waals surface area contributed by atoms with Crippen molar-refractivity contribution in [3.05, 3.63) is 35.9 Å². The van der Waals surface area contributed by atoms with Gasteiger partial charge in [0.15, 0.2) is 5.52 Å². The van der Waals surface area contributed by atoms with E-state index in [-0.39, 0.29) is 33.0 Å². The number of methoxy groups -OCH3 is 2. The van der Waals surface area contributed by atoms with Crippen molar-refractivity contribution in [2.24, 2.45) is 0 Å². The number of carbonyl (C=O) groups is 1. The molecule has 0 saturated carbocycles. The number of benzene rings is 2. The maximum atomic E-state index is 13.8. The largest absolute Gasteiger partial charge is 0.496 e. The van der Waals surface area contributed by atoms with E-state index in [0.29, 0.717) is 48.4 Å². The summed E-state index contributed by atoms with van der Waals surface area (Å²) in [4.78, 5) is 13.8. The molecule has 225 valence electrons. The molecule has 0 aliphatic heterocycles. The van der Waals surface area contributed by atoms with Crippen LogP contribution in [0.25, 0.3) is 0 Å². The molecule has 0 saturated heterocycles. The van der Waals surface area contributed by atoms with Gasteiger partial charge in [-0.15, -0.1) is 0 Å². The molecule has 0 bridgehead atoms. The third kappa shape index (κ3) is 13.3. The Morgan fingerprint density at radius 3 is 1.49 bits per heavy atom. The van der Waals surface area contributed by atoms with E-state index in [2.05, 4.69) is 20.8 Å². The van der Waals surface area contributed by atoms with Gasteiger partial charge in [0, 0.05) is 31.0 Å². The molecule has 8 heteroatoms. The Balaban J connectivity index is 0.00000840. The Kier molecular flexibility index (Phi) is 20.6. The van der Waals surface area contributed by atoms with E-state index in [1.807, 2.05) is 18.2 Å². The zero-order valence-corrected chi connectivity index (χ0v) is 27.4. The summed E-state index contributed by atoms with van der Waals surface area (Å²) in [7, 11) is 2.90. The van der Waals surface area contributed by atoms with E-state index < -0.39 is 0 Å². The van der Waals surface area contributed by atoms with Gasteiger partial charge in [0.2, 0.25) is 0 Å². The number of hydrogen-bond donors (Lipinski definition) is 0. The summed E-state index contributed by atoms with van der Waals surface area (Å²) < 4.78 is 29.9. The Morgan fingerprint density at radius 2 is 1.07 bits per heavy atom. The molecule has 2 aromatic carbocycles. The average molecular weight is 582 g/mol. The molecule has 1 atom stereocenters. The van der Waals surface area contributed by atoms with Crippen molar-refractivity contribution in [2.45, 2.75) is 97.8 Å². The number of carbonyl (C=O) groups excluding carboxylic acids is 1. The molecule has 0 fully saturated rings. The van der Waals surface area contributed by atoms with Crippen LogP contribution in [0, 0.1) is 0 Å². The molecule has 6 nitrogen and oxygen atoms in total. The number of rotatable bonds is 23. The van der Waals surface area contributed by atoms with Gasteiger partial charge in [-0.05, 0) is 40.0 Å². The fourth-order valence-corrected chi connectivity index (χ4v) is 5.53. The fraction of sp³-hybridized carbons (Fsp3) is 0.606. The first-order valence-electron chi connectivity index (χ1n) is 15.2. The van der Waals surface area contributed by atoms with Crippen molar-refractivity contribution < 1.29 is 28.5 Å². The smallest absolute Gasteiger partial charge is 0.193 e. The fourth-order valence-electron chi connectivity index (χ4n) is 4.39. The summed E-state index contributed by atoms with van der Waals surface area (Å²) in [5.74, 6) is 3.03. The standard InChI is InChI=1S/C33H51O6P.Li/c1-6-9-12-15-21-37-26-24-29(38-22-16-13-10-7-2)32(30(25-26)39-23-17-14-11-8-3)40-33(34)31-27(35-4)19-18-20-28(31)36-5;/h18-20,24-25,40H,6-17,21-23H2,1-5H3;. The van der Waals surface area contributed by atoms with Gasteiger partial charge in [-0.25, -0.2) is 0 Å². The summed E-state index contributed by atoms with van der Waals surface area (Å²) in [5.41, 5.74) is 0.346. The monoisotopic (exact) mass is 581 g/mol. The molecular formula is C33H51LiO6P. The predicted octanol–water partition coefficient (Wildman–Crippen LogP) is 8.34. The van der Waals surface area contributed by atoms with Crippen molar-refractivity contribution in [1.82, 2.24) is 0 Å². The van der Waals surface area contributed by atoms with Crippen LogP contribution in [0.1, 0.15) is 108 Å². The van der Waals surface area contributed by atoms with Gasteiger partial charge < -0.3 is 23.7 Å². The minimum Gasteiger partial charge on any atom is -0.496 e. The molecular weight excluding hydrogens is 530 g/mol. The second-order valence-electron chi connectivity index (χ2n) is 10.0. The summed E-state index contributed by atoms with van der Waals surface area (Å²) in [6.45, 7) is 8.41. The molecule has 2 rings (SSSR count). The third-order valence-electron chi connectivity index (χ3n) is 6.71. The molecule has 0 amide bonds. The van der Waals surface area contributed by atoms with Crippen LogP contribution >= 0.6 is 8.58 Å². The van der Waals surface area contributed by atoms with Crippen LogP contribution in [0.3, 0.4) is 0 Å². The van der Waals surface area contributed by atoms with E-state index in [1.165, 1.54) is 38.5 Å². The number of ether oxygens (including phenoxy) is 5. The summed E-state index contributed by atoms with van der Waals surface area (Å²) in [6, 6.07) is 9.25. The Bertz CT molecular complexity index is 942. The minimum absolute atomic E-state index is 0. The summed E-state index contributed by atoms with van der Waals surface area (Å²) >= 11 is 0. The predicted molar refractivity (Wildman–Crippen MR) is 173 cm³/mol. The Morgan fingerprint density at radius 1 is 0.634 bits per heavy atom. The van der Waals surface area contributed by atoms with E-state index in [1.54, 1.807) is 26.4 Å². The van der Waals surface area contributed by atoms with Gasteiger partial charge in [-0.2, -0.15) is 0 Å². The van der Waals surface area contributed by atoms with Crippen LogP contribution in [-0.4, -0.2) is 58.4 Å². The van der Waals surface area contributed by atoms with Gasteiger partial charge in [0.25, 0.3) is 0 Å². The van der Waals surface area contributed by atoms with Crippen LogP contribution in [-0.2, 0) is 0 Å². The van der Waals surface area contributed by atoms with E-state index in [0.717, 1.165) is 49.6 Å². The molecule has 1 radical (unpaired) electrons. The topological polar surface area (TPSA) is 63.2 Å². The van der Waals surface area contributed by atoms with Crippen LogP contribution in [0.15, 0.2) is 30.3 Å². The van der Waals surface area contributed by atoms with Crippen molar-refractivity contribution in [1.29, 1.82) is 0 Å². The van der Waals surface area contributed by atoms with E-state index in [9.17, 15) is 4.79 Å². The second-order valence-corrected chi connectivity index (χ2v) is 11.2. The quantitative estimate of drug-likeness (QED) is 0.0747. The number of hydrogen-bond acceptors (Lipinski definition) is 6. The number of unbranched alkanes of at least 4 members (excludes halogenated alkanes) is 9. The molecule has 0 aliphatic rings. The third-order valence-corrected chi connectivity index (χ3v) is 7.93. The first kappa shape index (κ1) is 37.2. The zero-order chi connectivity index (χ0) is 29.0. The van der Waals surface area contributed by atoms with Gasteiger partial charge in [0.05, 0.1) is 39.3 Å². The van der Waals surface area contributed by atoms with Crippen LogP contribution < -0.4 is 29.0 Å². The van der Waals surface area contributed by atoms with Gasteiger partial charge in [-0.1, -0.05) is 84.6 Å². The van der Waals surface area contributed by atoms with Gasteiger partial charge >= 0.3 is 0 Å². The molecule has 0 spiro atoms. The average Bonchev–Trinajstić information content (AvgIpc) is 2.97. The molecule has 1 unspecified atom stereocenters. The maximum Gasteiger partial charge on any atom is 0.193 e. The maximum absolute atomic E-state index is 13.8. The van der Waals surface area contributed by atoms with Gasteiger partial charge in [-0.3, -0.25) is 4.79 Å². The van der Waals surface area contributed by atoms with E-state index >= 15 is 0 Å². The summed E-state index contributed by atoms with van der Waals surface area (Å²) in [5, 5.41) is 0.766. The van der Waals surface area contributed by atoms with Gasteiger partial charge in [0.1, 0.15) is 34.3 Å². The second kappa shape index (κ2) is 22.7. The molecule has 2 aromatic rings. The first-order valence-corrected chi connectivity index (χ1v) is 16.2. The first-order chi connectivity index (χ1) is 19.6. The summed E-state index contributed by atoms with van der Waals surface area (Å²) in [6.07, 6.45) is 13.4. The molecule has 0 heterocycles. The Hall–Kier alpha value is -1.86. The minimum atomic E-state index is -0.229. The molecule has 0 aliphatic carbocycles.